The lowest BCUT2D eigenvalue weighted by Crippen LogP contribution is -2.00. The zero-order chi connectivity index (χ0) is 21.6. The van der Waals surface area contributed by atoms with E-state index in [1.807, 2.05) is 66.7 Å². The molecule has 0 fully saturated rings. The molecule has 0 aliphatic carbocycles. The van der Waals surface area contributed by atoms with Crippen molar-refractivity contribution in [3.63, 3.8) is 0 Å². The minimum Gasteiger partial charge on any atom is -0.497 e. The molecule has 0 spiro atoms. The fourth-order valence-electron chi connectivity index (χ4n) is 3.36. The van der Waals surface area contributed by atoms with Crippen LogP contribution in [-0.2, 0) is 6.61 Å². The fourth-order valence-corrected chi connectivity index (χ4v) is 3.36. The van der Waals surface area contributed by atoms with Gasteiger partial charge in [0.2, 0.25) is 0 Å². The molecule has 0 bridgehead atoms. The van der Waals surface area contributed by atoms with Crippen LogP contribution in [0, 0.1) is 6.07 Å². The maximum absolute atomic E-state index is 11.1. The summed E-state index contributed by atoms with van der Waals surface area (Å²) in [5.74, 6) is 0.551. The van der Waals surface area contributed by atoms with Gasteiger partial charge in [-0.2, -0.15) is 0 Å². The number of carboxylic acids is 1. The van der Waals surface area contributed by atoms with Crippen molar-refractivity contribution in [1.29, 1.82) is 0 Å². The first-order chi connectivity index (χ1) is 15.1. The van der Waals surface area contributed by atoms with Gasteiger partial charge in [0, 0.05) is 5.56 Å². The SMILES string of the molecule is COc1ccc(-c2ccc(C(=O)O)cc2)c(COc2ccc(-c3[c]cccc3)cc2)c1. The van der Waals surface area contributed by atoms with Gasteiger partial charge in [-0.25, -0.2) is 4.79 Å². The summed E-state index contributed by atoms with van der Waals surface area (Å²) in [6.07, 6.45) is 0. The van der Waals surface area contributed by atoms with Crippen LogP contribution in [-0.4, -0.2) is 18.2 Å². The number of hydrogen-bond donors (Lipinski definition) is 1. The number of carboxylic acid groups (broad SMARTS) is 1. The highest BCUT2D eigenvalue weighted by atomic mass is 16.5. The van der Waals surface area contributed by atoms with Gasteiger partial charge in [0.25, 0.3) is 0 Å². The fraction of sp³-hybridized carbons (Fsp3) is 0.0741. The standard InChI is InChI=1S/C27H21O4/c1-30-25-15-16-26(21-7-9-22(10-8-21)27(28)29)23(17-25)18-31-24-13-11-20(12-14-24)19-5-3-2-4-6-19/h2-5,7-17H,18H2,1H3,(H,28,29). The summed E-state index contributed by atoms with van der Waals surface area (Å²) < 4.78 is 11.4. The van der Waals surface area contributed by atoms with E-state index < -0.39 is 5.97 Å². The summed E-state index contributed by atoms with van der Waals surface area (Å²) >= 11 is 0. The maximum atomic E-state index is 11.1. The minimum absolute atomic E-state index is 0.255. The van der Waals surface area contributed by atoms with Crippen LogP contribution in [0.2, 0.25) is 0 Å². The topological polar surface area (TPSA) is 55.8 Å². The predicted molar refractivity (Wildman–Crippen MR) is 120 cm³/mol. The van der Waals surface area contributed by atoms with E-state index in [0.717, 1.165) is 39.3 Å². The van der Waals surface area contributed by atoms with Gasteiger partial charge in [-0.1, -0.05) is 54.6 Å². The second-order valence-corrected chi connectivity index (χ2v) is 6.99. The summed E-state index contributed by atoms with van der Waals surface area (Å²) in [5.41, 5.74) is 5.20. The first-order valence-corrected chi connectivity index (χ1v) is 9.84. The van der Waals surface area contributed by atoms with E-state index in [0.29, 0.717) is 6.61 Å². The van der Waals surface area contributed by atoms with E-state index >= 15 is 0 Å². The van der Waals surface area contributed by atoms with Crippen molar-refractivity contribution in [3.05, 3.63) is 108 Å². The van der Waals surface area contributed by atoms with Crippen LogP contribution in [0.1, 0.15) is 15.9 Å². The van der Waals surface area contributed by atoms with Crippen molar-refractivity contribution in [2.24, 2.45) is 0 Å². The first-order valence-electron chi connectivity index (χ1n) is 9.84. The average molecular weight is 409 g/mol. The molecular formula is C27H21O4. The Morgan fingerprint density at radius 3 is 2.23 bits per heavy atom. The van der Waals surface area contributed by atoms with Crippen LogP contribution in [0.3, 0.4) is 0 Å². The molecule has 0 aliphatic heterocycles. The quantitative estimate of drug-likeness (QED) is 0.400. The number of aromatic carboxylic acids is 1. The van der Waals surface area contributed by atoms with Gasteiger partial charge < -0.3 is 14.6 Å². The summed E-state index contributed by atoms with van der Waals surface area (Å²) in [7, 11) is 1.63. The molecule has 1 N–H and O–H groups in total. The molecule has 0 aromatic heterocycles. The molecule has 0 unspecified atom stereocenters. The Morgan fingerprint density at radius 1 is 0.871 bits per heavy atom. The summed E-state index contributed by atoms with van der Waals surface area (Å²) in [6, 6.07) is 31.6. The van der Waals surface area contributed by atoms with Gasteiger partial charge in [0.1, 0.15) is 18.1 Å². The van der Waals surface area contributed by atoms with Gasteiger partial charge >= 0.3 is 5.97 Å². The Morgan fingerprint density at radius 2 is 1.58 bits per heavy atom. The Hall–Kier alpha value is -4.05. The van der Waals surface area contributed by atoms with Gasteiger partial charge in [-0.3, -0.25) is 0 Å². The molecule has 153 valence electrons. The number of hydrogen-bond acceptors (Lipinski definition) is 3. The summed E-state index contributed by atoms with van der Waals surface area (Å²) in [6.45, 7) is 0.351. The summed E-state index contributed by atoms with van der Waals surface area (Å²) in [4.78, 5) is 11.1. The summed E-state index contributed by atoms with van der Waals surface area (Å²) in [5, 5.41) is 9.13. The van der Waals surface area contributed by atoms with Crippen LogP contribution >= 0.6 is 0 Å². The minimum atomic E-state index is -0.943. The third-order valence-electron chi connectivity index (χ3n) is 5.02. The largest absolute Gasteiger partial charge is 0.497 e. The van der Waals surface area contributed by atoms with Gasteiger partial charge in [-0.15, -0.1) is 0 Å². The first kappa shape index (κ1) is 20.2. The number of methoxy groups -OCH3 is 1. The average Bonchev–Trinajstić information content (AvgIpc) is 2.83. The third kappa shape index (κ3) is 4.75. The number of benzene rings is 4. The van der Waals surface area contributed by atoms with Gasteiger partial charge in [0.05, 0.1) is 12.7 Å². The van der Waals surface area contributed by atoms with Crippen molar-refractivity contribution >= 4 is 5.97 Å². The molecule has 4 aromatic carbocycles. The molecule has 1 radical (unpaired) electrons. The van der Waals surface area contributed by atoms with E-state index in [1.54, 1.807) is 31.4 Å². The molecule has 0 amide bonds. The van der Waals surface area contributed by atoms with Crippen LogP contribution in [0.15, 0.2) is 91.0 Å². The van der Waals surface area contributed by atoms with Crippen LogP contribution in [0.5, 0.6) is 11.5 Å². The molecule has 0 saturated carbocycles. The monoisotopic (exact) mass is 409 g/mol. The normalized spacial score (nSPS) is 10.5. The van der Waals surface area contributed by atoms with Crippen LogP contribution < -0.4 is 9.47 Å². The number of carbonyl (C=O) groups is 1. The molecule has 4 rings (SSSR count). The molecule has 0 saturated heterocycles. The maximum Gasteiger partial charge on any atom is 0.335 e. The van der Waals surface area contributed by atoms with Gasteiger partial charge in [-0.05, 0) is 64.7 Å². The Bertz CT molecular complexity index is 1160. The second-order valence-electron chi connectivity index (χ2n) is 6.99. The van der Waals surface area contributed by atoms with E-state index in [2.05, 4.69) is 6.07 Å². The lowest BCUT2D eigenvalue weighted by molar-refractivity contribution is 0.0697. The molecule has 4 aromatic rings. The second kappa shape index (κ2) is 9.18. The van der Waals surface area contributed by atoms with Crippen molar-refractivity contribution in [2.75, 3.05) is 7.11 Å². The number of ether oxygens (including phenoxy) is 2. The smallest absolute Gasteiger partial charge is 0.335 e. The molecular weight excluding hydrogens is 388 g/mol. The molecule has 0 aliphatic rings. The zero-order valence-electron chi connectivity index (χ0n) is 17.0. The Kier molecular flexibility index (Phi) is 5.99. The lowest BCUT2D eigenvalue weighted by Gasteiger charge is -2.14. The Labute approximate surface area is 181 Å². The van der Waals surface area contributed by atoms with E-state index in [9.17, 15) is 4.79 Å². The molecule has 4 heteroatoms. The molecule has 0 heterocycles. The molecule has 0 atom stereocenters. The van der Waals surface area contributed by atoms with Crippen molar-refractivity contribution in [2.45, 2.75) is 6.61 Å². The van der Waals surface area contributed by atoms with E-state index in [4.69, 9.17) is 14.6 Å². The highest BCUT2D eigenvalue weighted by Gasteiger charge is 2.10. The van der Waals surface area contributed by atoms with Crippen LogP contribution in [0.25, 0.3) is 22.3 Å². The van der Waals surface area contributed by atoms with Gasteiger partial charge in [0.15, 0.2) is 0 Å². The third-order valence-corrected chi connectivity index (χ3v) is 5.02. The van der Waals surface area contributed by atoms with Crippen molar-refractivity contribution in [3.8, 4) is 33.8 Å². The highest BCUT2D eigenvalue weighted by Crippen LogP contribution is 2.29. The lowest BCUT2D eigenvalue weighted by atomic mass is 9.98. The molecule has 31 heavy (non-hydrogen) atoms. The van der Waals surface area contributed by atoms with Crippen molar-refractivity contribution < 1.29 is 19.4 Å². The Balaban J connectivity index is 1.55. The highest BCUT2D eigenvalue weighted by molar-refractivity contribution is 5.88. The van der Waals surface area contributed by atoms with E-state index in [1.165, 1.54) is 0 Å². The zero-order valence-corrected chi connectivity index (χ0v) is 17.0. The van der Waals surface area contributed by atoms with Crippen molar-refractivity contribution in [1.82, 2.24) is 0 Å². The predicted octanol–water partition coefficient (Wildman–Crippen LogP) is 6.11. The molecule has 4 nitrogen and oxygen atoms in total. The van der Waals surface area contributed by atoms with Crippen LogP contribution in [0.4, 0.5) is 0 Å². The number of rotatable bonds is 7. The van der Waals surface area contributed by atoms with E-state index in [-0.39, 0.29) is 5.56 Å².